The summed E-state index contributed by atoms with van der Waals surface area (Å²) in [4.78, 5) is 16.5. The lowest BCUT2D eigenvalue weighted by Crippen LogP contribution is -2.12. The largest absolute Gasteiger partial charge is 0.435 e. The molecule has 26 heavy (non-hydrogen) atoms. The van der Waals surface area contributed by atoms with Gasteiger partial charge in [0.2, 0.25) is 0 Å². The summed E-state index contributed by atoms with van der Waals surface area (Å²) in [5.41, 5.74) is 1.57. The number of hydrogen-bond donors (Lipinski definition) is 2. The second-order valence-corrected chi connectivity index (χ2v) is 6.80. The smallest absolute Gasteiger partial charge is 0.387 e. The number of halogens is 3. The van der Waals surface area contributed by atoms with Crippen LogP contribution >= 0.6 is 27.3 Å². The number of aromatic nitrogens is 1. The number of rotatable bonds is 6. The van der Waals surface area contributed by atoms with Gasteiger partial charge in [-0.1, -0.05) is 22.0 Å². The summed E-state index contributed by atoms with van der Waals surface area (Å²) in [5, 5.41) is 7.91. The minimum Gasteiger partial charge on any atom is -0.435 e. The van der Waals surface area contributed by atoms with Crippen LogP contribution in [0.4, 0.5) is 25.3 Å². The molecule has 0 atom stereocenters. The lowest BCUT2D eigenvalue weighted by atomic mass is 10.3. The second-order valence-electron chi connectivity index (χ2n) is 5.03. The summed E-state index contributed by atoms with van der Waals surface area (Å²) < 4.78 is 29.4. The Kier molecular flexibility index (Phi) is 5.79. The van der Waals surface area contributed by atoms with Gasteiger partial charge in [0.15, 0.2) is 5.13 Å². The summed E-state index contributed by atoms with van der Waals surface area (Å²) >= 11 is 4.60. The Labute approximate surface area is 160 Å². The quantitative estimate of drug-likeness (QED) is 0.531. The van der Waals surface area contributed by atoms with Crippen molar-refractivity contribution in [1.29, 1.82) is 0 Å². The molecule has 5 nitrogen and oxygen atoms in total. The van der Waals surface area contributed by atoms with E-state index in [1.807, 2.05) is 12.1 Å². The van der Waals surface area contributed by atoms with E-state index in [9.17, 15) is 13.6 Å². The molecule has 0 radical (unpaired) electrons. The van der Waals surface area contributed by atoms with Gasteiger partial charge < -0.3 is 15.4 Å². The van der Waals surface area contributed by atoms with Crippen molar-refractivity contribution in [2.45, 2.75) is 6.61 Å². The fourth-order valence-electron chi connectivity index (χ4n) is 2.04. The molecule has 9 heteroatoms. The van der Waals surface area contributed by atoms with Crippen molar-refractivity contribution in [2.75, 3.05) is 10.6 Å². The van der Waals surface area contributed by atoms with E-state index in [4.69, 9.17) is 0 Å². The molecule has 1 heterocycles. The van der Waals surface area contributed by atoms with Crippen molar-refractivity contribution in [2.24, 2.45) is 0 Å². The minimum atomic E-state index is -2.86. The first-order chi connectivity index (χ1) is 12.5. The molecule has 0 saturated carbocycles. The number of alkyl halides is 2. The van der Waals surface area contributed by atoms with Gasteiger partial charge in [0.05, 0.1) is 0 Å². The standard InChI is InChI=1S/C17H12BrF2N3O2S/c18-10-2-1-3-12(8-10)21-15(24)14-9-26-17(23-14)22-11-4-6-13(7-5-11)25-16(19)20/h1-9,16H,(H,21,24)(H,22,23). The second kappa shape index (κ2) is 8.24. The van der Waals surface area contributed by atoms with E-state index in [-0.39, 0.29) is 17.4 Å². The average Bonchev–Trinajstić information content (AvgIpc) is 3.05. The maximum absolute atomic E-state index is 12.2. The van der Waals surface area contributed by atoms with E-state index in [1.54, 1.807) is 29.6 Å². The van der Waals surface area contributed by atoms with Crippen molar-refractivity contribution in [3.8, 4) is 5.75 Å². The molecule has 3 rings (SSSR count). The van der Waals surface area contributed by atoms with E-state index in [2.05, 4.69) is 36.3 Å². The lowest BCUT2D eigenvalue weighted by molar-refractivity contribution is -0.0498. The van der Waals surface area contributed by atoms with Gasteiger partial charge in [0.25, 0.3) is 5.91 Å². The number of hydrogen-bond acceptors (Lipinski definition) is 5. The number of carbonyl (C=O) groups is 1. The highest BCUT2D eigenvalue weighted by Crippen LogP contribution is 2.24. The lowest BCUT2D eigenvalue weighted by Gasteiger charge is -2.06. The Balaban J connectivity index is 1.63. The van der Waals surface area contributed by atoms with Gasteiger partial charge in [0, 0.05) is 21.2 Å². The topological polar surface area (TPSA) is 63.2 Å². The number of thiazole rings is 1. The van der Waals surface area contributed by atoms with Gasteiger partial charge in [-0.15, -0.1) is 11.3 Å². The van der Waals surface area contributed by atoms with Gasteiger partial charge in [-0.2, -0.15) is 8.78 Å². The van der Waals surface area contributed by atoms with Crippen LogP contribution < -0.4 is 15.4 Å². The summed E-state index contributed by atoms with van der Waals surface area (Å²) in [7, 11) is 0. The fraction of sp³-hybridized carbons (Fsp3) is 0.0588. The SMILES string of the molecule is O=C(Nc1cccc(Br)c1)c1csc(Nc2ccc(OC(F)F)cc2)n1. The van der Waals surface area contributed by atoms with Crippen molar-refractivity contribution >= 4 is 49.7 Å². The molecule has 134 valence electrons. The van der Waals surface area contributed by atoms with Gasteiger partial charge in [-0.3, -0.25) is 4.79 Å². The maximum atomic E-state index is 12.2. The molecule has 2 aromatic carbocycles. The fourth-order valence-corrected chi connectivity index (χ4v) is 3.15. The molecular weight excluding hydrogens is 428 g/mol. The number of benzene rings is 2. The summed E-state index contributed by atoms with van der Waals surface area (Å²) in [5.74, 6) is -0.258. The van der Waals surface area contributed by atoms with Crippen molar-refractivity contribution in [3.63, 3.8) is 0 Å². The monoisotopic (exact) mass is 439 g/mol. The highest BCUT2D eigenvalue weighted by atomic mass is 79.9. The van der Waals surface area contributed by atoms with E-state index in [0.717, 1.165) is 4.47 Å². The first kappa shape index (κ1) is 18.3. The molecule has 1 aromatic heterocycles. The Bertz CT molecular complexity index is 903. The number of carbonyl (C=O) groups excluding carboxylic acids is 1. The highest BCUT2D eigenvalue weighted by Gasteiger charge is 2.12. The molecule has 0 fully saturated rings. The van der Waals surface area contributed by atoms with Crippen LogP contribution in [0.5, 0.6) is 5.75 Å². The van der Waals surface area contributed by atoms with Crippen LogP contribution in [0.3, 0.4) is 0 Å². The molecule has 0 saturated heterocycles. The zero-order valence-electron chi connectivity index (χ0n) is 13.1. The van der Waals surface area contributed by atoms with Crippen LogP contribution in [-0.4, -0.2) is 17.5 Å². The normalized spacial score (nSPS) is 10.6. The van der Waals surface area contributed by atoms with Gasteiger partial charge in [-0.25, -0.2) is 4.98 Å². The molecule has 0 unspecified atom stereocenters. The van der Waals surface area contributed by atoms with Gasteiger partial charge in [-0.05, 0) is 42.5 Å². The third-order valence-electron chi connectivity index (χ3n) is 3.15. The summed E-state index contributed by atoms with van der Waals surface area (Å²) in [6.45, 7) is -2.86. The molecule has 0 bridgehead atoms. The van der Waals surface area contributed by atoms with Crippen LogP contribution in [0.25, 0.3) is 0 Å². The Hall–Kier alpha value is -2.52. The summed E-state index contributed by atoms with van der Waals surface area (Å²) in [6.07, 6.45) is 0. The first-order valence-electron chi connectivity index (χ1n) is 7.34. The maximum Gasteiger partial charge on any atom is 0.387 e. The number of anilines is 3. The van der Waals surface area contributed by atoms with Crippen molar-refractivity contribution in [1.82, 2.24) is 4.98 Å². The molecule has 1 amide bonds. The van der Waals surface area contributed by atoms with Crippen molar-refractivity contribution < 1.29 is 18.3 Å². The van der Waals surface area contributed by atoms with Crippen LogP contribution in [0.15, 0.2) is 58.4 Å². The highest BCUT2D eigenvalue weighted by molar-refractivity contribution is 9.10. The van der Waals surface area contributed by atoms with Crippen LogP contribution in [0.2, 0.25) is 0 Å². The minimum absolute atomic E-state index is 0.0683. The number of nitrogens with zero attached hydrogens (tertiary/aromatic N) is 1. The van der Waals surface area contributed by atoms with E-state index in [0.29, 0.717) is 16.5 Å². The average molecular weight is 440 g/mol. The number of nitrogens with one attached hydrogen (secondary N) is 2. The van der Waals surface area contributed by atoms with E-state index >= 15 is 0 Å². The molecule has 0 aliphatic carbocycles. The third kappa shape index (κ3) is 4.99. The third-order valence-corrected chi connectivity index (χ3v) is 4.40. The molecule has 0 aliphatic rings. The van der Waals surface area contributed by atoms with Gasteiger partial charge in [0.1, 0.15) is 11.4 Å². The zero-order valence-corrected chi connectivity index (χ0v) is 15.5. The van der Waals surface area contributed by atoms with Crippen LogP contribution in [0, 0.1) is 0 Å². The summed E-state index contributed by atoms with van der Waals surface area (Å²) in [6, 6.07) is 13.2. The van der Waals surface area contributed by atoms with Crippen LogP contribution in [-0.2, 0) is 0 Å². The molecule has 3 aromatic rings. The predicted molar refractivity (Wildman–Crippen MR) is 101 cm³/mol. The van der Waals surface area contributed by atoms with E-state index in [1.165, 1.54) is 23.5 Å². The van der Waals surface area contributed by atoms with Gasteiger partial charge >= 0.3 is 6.61 Å². The number of ether oxygens (including phenoxy) is 1. The van der Waals surface area contributed by atoms with Crippen LogP contribution in [0.1, 0.15) is 10.5 Å². The zero-order chi connectivity index (χ0) is 18.5. The Morgan fingerprint density at radius 2 is 1.92 bits per heavy atom. The Morgan fingerprint density at radius 3 is 2.62 bits per heavy atom. The molecule has 2 N–H and O–H groups in total. The molecule has 0 spiro atoms. The van der Waals surface area contributed by atoms with E-state index < -0.39 is 6.61 Å². The molecular formula is C17H12BrF2N3O2S. The first-order valence-corrected chi connectivity index (χ1v) is 9.01. The number of amides is 1. The Morgan fingerprint density at radius 1 is 1.15 bits per heavy atom. The molecule has 0 aliphatic heterocycles. The van der Waals surface area contributed by atoms with Crippen molar-refractivity contribution in [3.05, 3.63) is 64.1 Å². The predicted octanol–water partition coefficient (Wildman–Crippen LogP) is 5.50.